The number of amidine groups is 1. The van der Waals surface area contributed by atoms with Crippen LogP contribution in [0, 0.1) is 5.92 Å². The summed E-state index contributed by atoms with van der Waals surface area (Å²) >= 11 is 0. The van der Waals surface area contributed by atoms with E-state index in [1.54, 1.807) is 6.08 Å². The molecule has 7 nitrogen and oxygen atoms in total. The van der Waals surface area contributed by atoms with E-state index in [2.05, 4.69) is 5.32 Å². The lowest BCUT2D eigenvalue weighted by molar-refractivity contribution is -0.124. The monoisotopic (exact) mass is 444 g/mol. The Kier molecular flexibility index (Phi) is 6.60. The zero-order chi connectivity index (χ0) is 21.9. The van der Waals surface area contributed by atoms with Crippen LogP contribution in [-0.4, -0.2) is 49.6 Å². The van der Waals surface area contributed by atoms with Gasteiger partial charge in [0, 0.05) is 24.4 Å². The predicted octanol–water partition coefficient (Wildman–Crippen LogP) is 2.43. The number of nitrogens with one attached hydrogen (secondary N) is 1. The van der Waals surface area contributed by atoms with Gasteiger partial charge < -0.3 is 11.1 Å². The van der Waals surface area contributed by atoms with Crippen molar-refractivity contribution in [3.63, 3.8) is 0 Å². The van der Waals surface area contributed by atoms with Crippen LogP contribution >= 0.6 is 0 Å². The summed E-state index contributed by atoms with van der Waals surface area (Å²) in [4.78, 5) is 17.6. The van der Waals surface area contributed by atoms with Gasteiger partial charge >= 0.3 is 0 Å². The number of aliphatic imine (C=N–C) groups is 1. The second-order valence-corrected chi connectivity index (χ2v) is 10.7. The fourth-order valence-electron chi connectivity index (χ4n) is 4.77. The molecule has 1 saturated carbocycles. The molecule has 3 N–H and O–H groups in total. The lowest BCUT2D eigenvalue weighted by Gasteiger charge is -2.34. The molecule has 31 heavy (non-hydrogen) atoms. The summed E-state index contributed by atoms with van der Waals surface area (Å²) in [5.41, 5.74) is 6.73. The van der Waals surface area contributed by atoms with Crippen molar-refractivity contribution in [2.75, 3.05) is 19.6 Å². The minimum atomic E-state index is -3.55. The van der Waals surface area contributed by atoms with E-state index in [0.29, 0.717) is 38.4 Å². The first-order chi connectivity index (χ1) is 14.9. The highest BCUT2D eigenvalue weighted by atomic mass is 32.2. The van der Waals surface area contributed by atoms with E-state index in [9.17, 15) is 13.2 Å². The zero-order valence-electron chi connectivity index (χ0n) is 17.9. The molecule has 0 radical (unpaired) electrons. The highest BCUT2D eigenvalue weighted by molar-refractivity contribution is 7.92. The maximum atomic E-state index is 12.8. The van der Waals surface area contributed by atoms with Crippen LogP contribution in [0.25, 0.3) is 6.08 Å². The van der Waals surface area contributed by atoms with E-state index in [-0.39, 0.29) is 5.91 Å². The molecule has 3 aliphatic rings. The first kappa shape index (κ1) is 22.2. The standard InChI is InChI=1S/C23H32N4O3S/c24-14-10-18-6-8-19(9-7-18)11-17-31(29,30)27-15-12-23(13-16-27)22(28)25-21(26-23)20-4-2-1-3-5-20/h6-9,11,17,20H,1-5,10,12-16,24H2,(H,25,26,28)/b17-11+. The summed E-state index contributed by atoms with van der Waals surface area (Å²) in [6.07, 6.45) is 9.04. The number of carbonyl (C=O) groups is 1. The molecule has 2 aliphatic heterocycles. The van der Waals surface area contributed by atoms with E-state index >= 15 is 0 Å². The Hall–Kier alpha value is -2.03. The molecule has 8 heteroatoms. The number of hydrogen-bond donors (Lipinski definition) is 2. The van der Waals surface area contributed by atoms with Crippen LogP contribution in [0.5, 0.6) is 0 Å². The number of amides is 1. The molecule has 1 aliphatic carbocycles. The fourth-order valence-corrected chi connectivity index (χ4v) is 5.97. The third-order valence-electron chi connectivity index (χ3n) is 6.75. The second kappa shape index (κ2) is 9.22. The van der Waals surface area contributed by atoms with Gasteiger partial charge in [-0.1, -0.05) is 43.5 Å². The van der Waals surface area contributed by atoms with Crippen LogP contribution < -0.4 is 11.1 Å². The molecule has 2 fully saturated rings. The van der Waals surface area contributed by atoms with Gasteiger partial charge in [-0.2, -0.15) is 4.31 Å². The van der Waals surface area contributed by atoms with Crippen LogP contribution in [0.15, 0.2) is 34.7 Å². The summed E-state index contributed by atoms with van der Waals surface area (Å²) in [6.45, 7) is 1.19. The van der Waals surface area contributed by atoms with Crippen molar-refractivity contribution in [1.82, 2.24) is 9.62 Å². The Morgan fingerprint density at radius 3 is 2.45 bits per heavy atom. The Bertz CT molecular complexity index is 955. The maximum Gasteiger partial charge on any atom is 0.253 e. The molecule has 0 atom stereocenters. The van der Waals surface area contributed by atoms with Crippen molar-refractivity contribution < 1.29 is 13.2 Å². The van der Waals surface area contributed by atoms with Crippen LogP contribution in [0.4, 0.5) is 0 Å². The zero-order valence-corrected chi connectivity index (χ0v) is 18.7. The minimum absolute atomic E-state index is 0.0572. The predicted molar refractivity (Wildman–Crippen MR) is 123 cm³/mol. The van der Waals surface area contributed by atoms with Crippen LogP contribution in [0.2, 0.25) is 0 Å². The number of piperidine rings is 1. The summed E-state index contributed by atoms with van der Waals surface area (Å²) in [5, 5.41) is 4.28. The molecule has 0 aromatic heterocycles. The number of nitrogens with two attached hydrogens (primary N) is 1. The number of sulfonamides is 1. The molecule has 0 bridgehead atoms. The molecule has 1 saturated heterocycles. The van der Waals surface area contributed by atoms with E-state index in [1.165, 1.54) is 29.0 Å². The number of nitrogens with zero attached hydrogens (tertiary/aromatic N) is 2. The van der Waals surface area contributed by atoms with Gasteiger partial charge in [0.1, 0.15) is 11.4 Å². The van der Waals surface area contributed by atoms with E-state index in [1.807, 2.05) is 24.3 Å². The summed E-state index contributed by atoms with van der Waals surface area (Å²) in [6, 6.07) is 7.72. The lowest BCUT2D eigenvalue weighted by atomic mass is 9.88. The van der Waals surface area contributed by atoms with Crippen LogP contribution in [-0.2, 0) is 21.2 Å². The molecule has 0 unspecified atom stereocenters. The summed E-state index contributed by atoms with van der Waals surface area (Å²) in [5.74, 6) is 1.12. The van der Waals surface area contributed by atoms with E-state index < -0.39 is 15.6 Å². The minimum Gasteiger partial charge on any atom is -0.330 e. The van der Waals surface area contributed by atoms with Gasteiger partial charge in [0.25, 0.3) is 5.91 Å². The van der Waals surface area contributed by atoms with Gasteiger partial charge in [-0.3, -0.25) is 9.79 Å². The Morgan fingerprint density at radius 2 is 1.81 bits per heavy atom. The van der Waals surface area contributed by atoms with Crippen molar-refractivity contribution in [3.8, 4) is 0 Å². The molecule has 1 amide bonds. The van der Waals surface area contributed by atoms with E-state index in [4.69, 9.17) is 10.7 Å². The summed E-state index contributed by atoms with van der Waals surface area (Å²) in [7, 11) is -3.55. The molecule has 1 spiro atoms. The molecule has 4 rings (SSSR count). The average molecular weight is 445 g/mol. The van der Waals surface area contributed by atoms with Crippen molar-refractivity contribution in [3.05, 3.63) is 40.8 Å². The van der Waals surface area contributed by atoms with Gasteiger partial charge in [0.2, 0.25) is 10.0 Å². The molecular weight excluding hydrogens is 412 g/mol. The SMILES string of the molecule is NCCc1ccc(/C=C/S(=O)(=O)N2CCC3(CC2)N=C(C2CCCCC2)NC3=O)cc1. The first-order valence-corrected chi connectivity index (χ1v) is 12.8. The Morgan fingerprint density at radius 1 is 1.13 bits per heavy atom. The Labute approximate surface area is 184 Å². The highest BCUT2D eigenvalue weighted by Crippen LogP contribution is 2.34. The third-order valence-corrected chi connectivity index (χ3v) is 8.31. The smallest absolute Gasteiger partial charge is 0.253 e. The normalized spacial score (nSPS) is 22.7. The average Bonchev–Trinajstić information content (AvgIpc) is 3.10. The lowest BCUT2D eigenvalue weighted by Crippen LogP contribution is -2.50. The van der Waals surface area contributed by atoms with Crippen LogP contribution in [0.3, 0.4) is 0 Å². The number of benzene rings is 1. The van der Waals surface area contributed by atoms with Crippen molar-refractivity contribution in [2.45, 2.75) is 56.9 Å². The van der Waals surface area contributed by atoms with Crippen molar-refractivity contribution in [1.29, 1.82) is 0 Å². The first-order valence-electron chi connectivity index (χ1n) is 11.3. The van der Waals surface area contributed by atoms with Gasteiger partial charge in [-0.15, -0.1) is 0 Å². The summed E-state index contributed by atoms with van der Waals surface area (Å²) < 4.78 is 27.1. The molecule has 2 heterocycles. The second-order valence-electron chi connectivity index (χ2n) is 8.84. The molecular formula is C23H32N4O3S. The fraction of sp³-hybridized carbons (Fsp3) is 0.565. The molecule has 1 aromatic carbocycles. The van der Waals surface area contributed by atoms with Gasteiger partial charge in [-0.25, -0.2) is 8.42 Å². The third kappa shape index (κ3) is 4.91. The molecule has 1 aromatic rings. The van der Waals surface area contributed by atoms with Gasteiger partial charge in [0.15, 0.2) is 0 Å². The number of carbonyl (C=O) groups excluding carboxylic acids is 1. The van der Waals surface area contributed by atoms with Crippen LogP contribution in [0.1, 0.15) is 56.1 Å². The topological polar surface area (TPSA) is 105 Å². The van der Waals surface area contributed by atoms with Crippen molar-refractivity contribution >= 4 is 27.8 Å². The largest absolute Gasteiger partial charge is 0.330 e. The molecule has 168 valence electrons. The number of hydrogen-bond acceptors (Lipinski definition) is 5. The van der Waals surface area contributed by atoms with Gasteiger partial charge in [-0.05, 0) is 55.9 Å². The quantitative estimate of drug-likeness (QED) is 0.703. The maximum absolute atomic E-state index is 12.8. The highest BCUT2D eigenvalue weighted by Gasteiger charge is 2.48. The Balaban J connectivity index is 1.39. The van der Waals surface area contributed by atoms with Crippen molar-refractivity contribution in [2.24, 2.45) is 16.6 Å². The van der Waals surface area contributed by atoms with E-state index in [0.717, 1.165) is 36.2 Å². The van der Waals surface area contributed by atoms with Gasteiger partial charge in [0.05, 0.1) is 0 Å². The number of rotatable bonds is 6.